The Labute approximate surface area is 129 Å². The summed E-state index contributed by atoms with van der Waals surface area (Å²) in [5, 5.41) is 11.0. The molecule has 0 aromatic heterocycles. The molecule has 0 saturated carbocycles. The minimum absolute atomic E-state index is 0.111. The summed E-state index contributed by atoms with van der Waals surface area (Å²) in [5.41, 5.74) is 2.17. The Morgan fingerprint density at radius 2 is 1.68 bits per heavy atom. The summed E-state index contributed by atoms with van der Waals surface area (Å²) >= 11 is 0. The lowest BCUT2D eigenvalue weighted by atomic mass is 10.1. The molecule has 0 aliphatic carbocycles. The Morgan fingerprint density at radius 1 is 1.09 bits per heavy atom. The van der Waals surface area contributed by atoms with E-state index in [4.69, 9.17) is 0 Å². The van der Waals surface area contributed by atoms with Crippen LogP contribution < -0.4 is 0 Å². The molecule has 2 aromatic rings. The summed E-state index contributed by atoms with van der Waals surface area (Å²) in [5.74, 6) is -0.355. The van der Waals surface area contributed by atoms with Crippen molar-refractivity contribution in [3.05, 3.63) is 75.3 Å². The van der Waals surface area contributed by atoms with Crippen molar-refractivity contribution in [2.75, 3.05) is 7.05 Å². The number of nitro groups is 1. The molecule has 2 aromatic carbocycles. The molecule has 0 N–H and O–H groups in total. The molecule has 1 amide bonds. The van der Waals surface area contributed by atoms with E-state index in [-0.39, 0.29) is 17.2 Å². The van der Waals surface area contributed by atoms with Gasteiger partial charge in [-0.2, -0.15) is 0 Å². The Bertz CT molecular complexity index is 681. The molecule has 0 aliphatic rings. The average molecular weight is 298 g/mol. The summed E-state index contributed by atoms with van der Waals surface area (Å²) < 4.78 is 0. The van der Waals surface area contributed by atoms with Gasteiger partial charge in [0, 0.05) is 19.7 Å². The van der Waals surface area contributed by atoms with Gasteiger partial charge in [-0.25, -0.2) is 0 Å². The predicted octanol–water partition coefficient (Wildman–Crippen LogP) is 3.43. The standard InChI is InChI=1S/C17H18N2O3/c1-3-13-8-10-14(11-9-13)12-18(2)17(20)15-6-4-5-7-16(15)19(21)22/h4-11H,3,12H2,1-2H3. The van der Waals surface area contributed by atoms with E-state index >= 15 is 0 Å². The number of aryl methyl sites for hydroxylation is 1. The van der Waals surface area contributed by atoms with Crippen LogP contribution in [0.1, 0.15) is 28.4 Å². The number of rotatable bonds is 5. The highest BCUT2D eigenvalue weighted by molar-refractivity contribution is 5.97. The second-order valence-corrected chi connectivity index (χ2v) is 5.11. The van der Waals surface area contributed by atoms with Gasteiger partial charge in [-0.3, -0.25) is 14.9 Å². The molecule has 22 heavy (non-hydrogen) atoms. The van der Waals surface area contributed by atoms with E-state index in [0.717, 1.165) is 12.0 Å². The van der Waals surface area contributed by atoms with Gasteiger partial charge in [-0.1, -0.05) is 43.3 Å². The van der Waals surface area contributed by atoms with Gasteiger partial charge in [0.1, 0.15) is 5.56 Å². The molecular formula is C17H18N2O3. The van der Waals surface area contributed by atoms with Crippen molar-refractivity contribution in [3.63, 3.8) is 0 Å². The van der Waals surface area contributed by atoms with Crippen LogP contribution in [0.2, 0.25) is 0 Å². The largest absolute Gasteiger partial charge is 0.337 e. The van der Waals surface area contributed by atoms with E-state index in [1.54, 1.807) is 19.2 Å². The molecule has 0 saturated heterocycles. The first kappa shape index (κ1) is 15.7. The second-order valence-electron chi connectivity index (χ2n) is 5.11. The van der Waals surface area contributed by atoms with Gasteiger partial charge < -0.3 is 4.90 Å². The molecule has 2 rings (SSSR count). The minimum Gasteiger partial charge on any atom is -0.337 e. The van der Waals surface area contributed by atoms with Crippen LogP contribution in [-0.2, 0) is 13.0 Å². The lowest BCUT2D eigenvalue weighted by molar-refractivity contribution is -0.385. The number of hydrogen-bond donors (Lipinski definition) is 0. The van der Waals surface area contributed by atoms with E-state index in [0.29, 0.717) is 6.54 Å². The summed E-state index contributed by atoms with van der Waals surface area (Å²) in [6.07, 6.45) is 0.964. The highest BCUT2D eigenvalue weighted by Crippen LogP contribution is 2.20. The molecule has 0 spiro atoms. The number of hydrogen-bond acceptors (Lipinski definition) is 3. The van der Waals surface area contributed by atoms with Gasteiger partial charge in [0.05, 0.1) is 4.92 Å². The van der Waals surface area contributed by atoms with Crippen molar-refractivity contribution in [1.29, 1.82) is 0 Å². The van der Waals surface area contributed by atoms with E-state index in [2.05, 4.69) is 6.92 Å². The van der Waals surface area contributed by atoms with Gasteiger partial charge in [0.25, 0.3) is 11.6 Å². The lowest BCUT2D eigenvalue weighted by Gasteiger charge is -2.17. The average Bonchev–Trinajstić information content (AvgIpc) is 2.54. The van der Waals surface area contributed by atoms with E-state index in [1.807, 2.05) is 24.3 Å². The number of nitro benzene ring substituents is 1. The predicted molar refractivity (Wildman–Crippen MR) is 84.7 cm³/mol. The van der Waals surface area contributed by atoms with Crippen molar-refractivity contribution < 1.29 is 9.72 Å². The molecule has 5 heteroatoms. The third kappa shape index (κ3) is 3.49. The van der Waals surface area contributed by atoms with E-state index < -0.39 is 4.92 Å². The van der Waals surface area contributed by atoms with Gasteiger partial charge in [-0.05, 0) is 23.6 Å². The summed E-state index contributed by atoms with van der Waals surface area (Å²) in [6.45, 7) is 2.49. The maximum absolute atomic E-state index is 12.4. The zero-order chi connectivity index (χ0) is 16.1. The first-order valence-corrected chi connectivity index (χ1v) is 7.09. The molecule has 0 fully saturated rings. The van der Waals surface area contributed by atoms with Gasteiger partial charge >= 0.3 is 0 Å². The second kappa shape index (κ2) is 6.85. The Kier molecular flexibility index (Phi) is 4.88. The third-order valence-corrected chi connectivity index (χ3v) is 3.53. The number of nitrogens with zero attached hydrogens (tertiary/aromatic N) is 2. The monoisotopic (exact) mass is 298 g/mol. The normalized spacial score (nSPS) is 10.3. The Balaban J connectivity index is 2.17. The fourth-order valence-electron chi connectivity index (χ4n) is 2.25. The zero-order valence-electron chi connectivity index (χ0n) is 12.7. The van der Waals surface area contributed by atoms with Crippen LogP contribution in [0.4, 0.5) is 5.69 Å². The van der Waals surface area contributed by atoms with Crippen molar-refractivity contribution >= 4 is 11.6 Å². The van der Waals surface area contributed by atoms with E-state index in [9.17, 15) is 14.9 Å². The van der Waals surface area contributed by atoms with Gasteiger partial charge in [0.2, 0.25) is 0 Å². The zero-order valence-corrected chi connectivity index (χ0v) is 12.7. The van der Waals surface area contributed by atoms with Gasteiger partial charge in [-0.15, -0.1) is 0 Å². The molecule has 0 atom stereocenters. The summed E-state index contributed by atoms with van der Waals surface area (Å²) in [4.78, 5) is 24.4. The van der Waals surface area contributed by atoms with Crippen LogP contribution in [0, 0.1) is 10.1 Å². The van der Waals surface area contributed by atoms with Crippen LogP contribution in [0.15, 0.2) is 48.5 Å². The quantitative estimate of drug-likeness (QED) is 0.627. The first-order chi connectivity index (χ1) is 10.5. The van der Waals surface area contributed by atoms with Crippen molar-refractivity contribution in [1.82, 2.24) is 4.90 Å². The molecule has 0 radical (unpaired) electrons. The van der Waals surface area contributed by atoms with Crippen LogP contribution in [0.5, 0.6) is 0 Å². The topological polar surface area (TPSA) is 63.5 Å². The van der Waals surface area contributed by atoms with E-state index in [1.165, 1.54) is 22.6 Å². The van der Waals surface area contributed by atoms with Crippen LogP contribution >= 0.6 is 0 Å². The molecular weight excluding hydrogens is 280 g/mol. The van der Waals surface area contributed by atoms with Gasteiger partial charge in [0.15, 0.2) is 0 Å². The summed E-state index contributed by atoms with van der Waals surface area (Å²) in [6, 6.07) is 14.0. The first-order valence-electron chi connectivity index (χ1n) is 7.09. The highest BCUT2D eigenvalue weighted by atomic mass is 16.6. The molecule has 114 valence electrons. The smallest absolute Gasteiger partial charge is 0.282 e. The molecule has 0 unspecified atom stereocenters. The number of benzene rings is 2. The highest BCUT2D eigenvalue weighted by Gasteiger charge is 2.22. The minimum atomic E-state index is -0.531. The maximum atomic E-state index is 12.4. The molecule has 0 heterocycles. The third-order valence-electron chi connectivity index (χ3n) is 3.53. The molecule has 0 aliphatic heterocycles. The van der Waals surface area contributed by atoms with Crippen LogP contribution in [0.3, 0.4) is 0 Å². The van der Waals surface area contributed by atoms with Crippen molar-refractivity contribution in [3.8, 4) is 0 Å². The fraction of sp³-hybridized carbons (Fsp3) is 0.235. The Hall–Kier alpha value is -2.69. The molecule has 0 bridgehead atoms. The lowest BCUT2D eigenvalue weighted by Crippen LogP contribution is -2.26. The molecule has 5 nitrogen and oxygen atoms in total. The number of carbonyl (C=O) groups excluding carboxylic acids is 1. The SMILES string of the molecule is CCc1ccc(CN(C)C(=O)c2ccccc2[N+](=O)[O-])cc1. The van der Waals surface area contributed by atoms with Crippen LogP contribution in [-0.4, -0.2) is 22.8 Å². The number of carbonyl (C=O) groups is 1. The Morgan fingerprint density at radius 3 is 2.27 bits per heavy atom. The van der Waals surface area contributed by atoms with Crippen molar-refractivity contribution in [2.24, 2.45) is 0 Å². The number of para-hydroxylation sites is 1. The van der Waals surface area contributed by atoms with Crippen molar-refractivity contribution in [2.45, 2.75) is 19.9 Å². The fourth-order valence-corrected chi connectivity index (χ4v) is 2.25. The summed E-state index contributed by atoms with van der Waals surface area (Å²) in [7, 11) is 1.65. The number of amides is 1. The maximum Gasteiger partial charge on any atom is 0.282 e. The van der Waals surface area contributed by atoms with Crippen LogP contribution in [0.25, 0.3) is 0 Å².